The monoisotopic (exact) mass is 477 g/mol. The summed E-state index contributed by atoms with van der Waals surface area (Å²) in [6.45, 7) is 2.66. The predicted octanol–water partition coefficient (Wildman–Crippen LogP) is 3.84. The minimum absolute atomic E-state index is 0.0256. The highest BCUT2D eigenvalue weighted by Crippen LogP contribution is 2.28. The number of thioether (sulfide) groups is 1. The molecule has 2 aromatic rings. The molecule has 0 atom stereocenters. The molecule has 1 saturated heterocycles. The number of piperazine rings is 1. The van der Waals surface area contributed by atoms with Crippen molar-refractivity contribution >= 4 is 46.7 Å². The Hall–Kier alpha value is -2.39. The summed E-state index contributed by atoms with van der Waals surface area (Å²) in [5, 5.41) is 3.20. The summed E-state index contributed by atoms with van der Waals surface area (Å²) in [6.07, 6.45) is 4.31. The molecule has 170 valence electrons. The minimum Gasteiger partial charge on any atom is -0.353 e. The maximum atomic E-state index is 13.7. The molecule has 2 amide bonds. The van der Waals surface area contributed by atoms with Gasteiger partial charge in [-0.1, -0.05) is 48.3 Å². The molecular formula is C22H25ClFN5O2S. The first-order valence-electron chi connectivity index (χ1n) is 10.7. The van der Waals surface area contributed by atoms with Crippen molar-refractivity contribution in [1.29, 1.82) is 0 Å². The largest absolute Gasteiger partial charge is 0.353 e. The smallest absolute Gasteiger partial charge is 0.234 e. The van der Waals surface area contributed by atoms with E-state index >= 15 is 0 Å². The van der Waals surface area contributed by atoms with Crippen LogP contribution in [0.3, 0.4) is 0 Å². The van der Waals surface area contributed by atoms with Crippen LogP contribution in [0.5, 0.6) is 0 Å². The van der Waals surface area contributed by atoms with Gasteiger partial charge in [0.1, 0.15) is 16.8 Å². The number of halogens is 2. The zero-order valence-corrected chi connectivity index (χ0v) is 19.2. The fourth-order valence-corrected chi connectivity index (χ4v) is 4.96. The van der Waals surface area contributed by atoms with Gasteiger partial charge in [0, 0.05) is 38.2 Å². The van der Waals surface area contributed by atoms with Crippen LogP contribution in [0.2, 0.25) is 5.15 Å². The highest BCUT2D eigenvalue weighted by Gasteiger charge is 2.29. The second kappa shape index (κ2) is 10.5. The summed E-state index contributed by atoms with van der Waals surface area (Å²) in [4.78, 5) is 37.6. The summed E-state index contributed by atoms with van der Waals surface area (Å²) in [5.74, 6) is 0.322. The number of anilines is 2. The molecule has 2 fully saturated rings. The maximum absolute atomic E-state index is 13.7. The number of nitrogens with zero attached hydrogens (tertiary/aromatic N) is 4. The lowest BCUT2D eigenvalue weighted by atomic mass is 10.1. The van der Waals surface area contributed by atoms with Crippen molar-refractivity contribution < 1.29 is 14.0 Å². The number of carbonyl (C=O) groups is 2. The zero-order chi connectivity index (χ0) is 22.5. The summed E-state index contributed by atoms with van der Waals surface area (Å²) in [7, 11) is 0. The quantitative estimate of drug-likeness (QED) is 0.387. The van der Waals surface area contributed by atoms with E-state index in [9.17, 15) is 14.0 Å². The topological polar surface area (TPSA) is 78.4 Å². The third-order valence-electron chi connectivity index (χ3n) is 5.76. The fourth-order valence-electron chi connectivity index (χ4n) is 4.08. The molecule has 1 N–H and O–H groups in total. The summed E-state index contributed by atoms with van der Waals surface area (Å²) >= 11 is 7.33. The van der Waals surface area contributed by atoms with Crippen molar-refractivity contribution in [1.82, 2.24) is 14.9 Å². The van der Waals surface area contributed by atoms with Crippen molar-refractivity contribution in [3.05, 3.63) is 41.3 Å². The minimum atomic E-state index is -0.488. The lowest BCUT2D eigenvalue weighted by molar-refractivity contribution is -0.135. The first kappa shape index (κ1) is 22.8. The van der Waals surface area contributed by atoms with Crippen LogP contribution in [-0.2, 0) is 9.59 Å². The van der Waals surface area contributed by atoms with Crippen molar-refractivity contribution in [2.45, 2.75) is 30.8 Å². The molecule has 2 heterocycles. The van der Waals surface area contributed by atoms with Gasteiger partial charge in [-0.3, -0.25) is 9.59 Å². The molecule has 0 spiro atoms. The van der Waals surface area contributed by atoms with Crippen LogP contribution in [0.15, 0.2) is 35.5 Å². The van der Waals surface area contributed by atoms with Crippen molar-refractivity contribution in [2.24, 2.45) is 5.92 Å². The highest BCUT2D eigenvalue weighted by atomic mass is 35.5. The lowest BCUT2D eigenvalue weighted by Gasteiger charge is -2.36. The van der Waals surface area contributed by atoms with E-state index in [-0.39, 0.29) is 34.3 Å². The van der Waals surface area contributed by atoms with Crippen LogP contribution < -0.4 is 10.2 Å². The molecule has 1 aromatic heterocycles. The van der Waals surface area contributed by atoms with E-state index in [4.69, 9.17) is 11.6 Å². The molecule has 1 aliphatic heterocycles. The third kappa shape index (κ3) is 5.69. The Morgan fingerprint density at radius 2 is 1.84 bits per heavy atom. The average molecular weight is 478 g/mol. The Bertz CT molecular complexity index is 981. The number of amides is 2. The molecule has 32 heavy (non-hydrogen) atoms. The van der Waals surface area contributed by atoms with Crippen molar-refractivity contribution in [3.63, 3.8) is 0 Å². The molecule has 2 aliphatic rings. The summed E-state index contributed by atoms with van der Waals surface area (Å²) in [6, 6.07) is 7.70. The van der Waals surface area contributed by atoms with Gasteiger partial charge >= 0.3 is 0 Å². The van der Waals surface area contributed by atoms with Crippen molar-refractivity contribution in [2.75, 3.05) is 42.1 Å². The first-order chi connectivity index (χ1) is 15.5. The second-order valence-electron chi connectivity index (χ2n) is 7.94. The Balaban J connectivity index is 1.32. The van der Waals surface area contributed by atoms with E-state index in [2.05, 4.69) is 20.2 Å². The predicted molar refractivity (Wildman–Crippen MR) is 124 cm³/mol. The first-order valence-corrected chi connectivity index (χ1v) is 12.1. The van der Waals surface area contributed by atoms with Crippen LogP contribution in [0.1, 0.15) is 25.7 Å². The van der Waals surface area contributed by atoms with Crippen LogP contribution in [0.25, 0.3) is 0 Å². The van der Waals surface area contributed by atoms with Gasteiger partial charge in [-0.25, -0.2) is 14.4 Å². The molecular weight excluding hydrogens is 453 g/mol. The van der Waals surface area contributed by atoms with Gasteiger partial charge < -0.3 is 15.1 Å². The van der Waals surface area contributed by atoms with E-state index in [0.29, 0.717) is 37.2 Å². The fraction of sp³-hybridized carbons (Fsp3) is 0.455. The van der Waals surface area contributed by atoms with E-state index in [0.717, 1.165) is 37.4 Å². The molecule has 7 nitrogen and oxygen atoms in total. The van der Waals surface area contributed by atoms with Crippen LogP contribution in [0, 0.1) is 11.7 Å². The van der Waals surface area contributed by atoms with Gasteiger partial charge in [0.05, 0.1) is 11.4 Å². The SMILES string of the molecule is O=C(CSc1nc(Cl)cc(N2CCN(C(=O)C3CCCC3)CC2)n1)Nc1ccccc1F. The number of nitrogens with one attached hydrogen (secondary N) is 1. The lowest BCUT2D eigenvalue weighted by Crippen LogP contribution is -2.50. The molecule has 10 heteroatoms. The number of aromatic nitrogens is 2. The Labute approximate surface area is 195 Å². The van der Waals surface area contributed by atoms with Gasteiger partial charge in [0.25, 0.3) is 0 Å². The standard InChI is InChI=1S/C22H25ClFN5O2S/c23-18-13-19(28-9-11-29(12-10-28)21(31)15-5-1-2-6-15)27-22(26-18)32-14-20(30)25-17-8-4-3-7-16(17)24/h3-4,7-8,13,15H,1-2,5-6,9-12,14H2,(H,25,30). The van der Waals surface area contributed by atoms with E-state index in [1.807, 2.05) is 4.90 Å². The number of hydrogen-bond donors (Lipinski definition) is 1. The molecule has 1 aliphatic carbocycles. The van der Waals surface area contributed by atoms with Crippen LogP contribution >= 0.6 is 23.4 Å². The molecule has 1 saturated carbocycles. The van der Waals surface area contributed by atoms with Crippen LogP contribution in [-0.4, -0.2) is 58.6 Å². The molecule has 4 rings (SSSR count). The summed E-state index contributed by atoms with van der Waals surface area (Å²) in [5.41, 5.74) is 0.135. The Morgan fingerprint density at radius 3 is 2.56 bits per heavy atom. The summed E-state index contributed by atoms with van der Waals surface area (Å²) < 4.78 is 13.7. The number of hydrogen-bond acceptors (Lipinski definition) is 6. The van der Waals surface area contributed by atoms with Gasteiger partial charge in [-0.2, -0.15) is 0 Å². The number of rotatable bonds is 6. The second-order valence-corrected chi connectivity index (χ2v) is 9.27. The third-order valence-corrected chi connectivity index (χ3v) is 6.80. The van der Waals surface area contributed by atoms with E-state index < -0.39 is 5.82 Å². The molecule has 0 unspecified atom stereocenters. The Kier molecular flexibility index (Phi) is 7.47. The Morgan fingerprint density at radius 1 is 1.12 bits per heavy atom. The highest BCUT2D eigenvalue weighted by molar-refractivity contribution is 7.99. The van der Waals surface area contributed by atoms with Crippen LogP contribution in [0.4, 0.5) is 15.9 Å². The number of carbonyl (C=O) groups excluding carboxylic acids is 2. The van der Waals surface area contributed by atoms with Gasteiger partial charge in [0.2, 0.25) is 11.8 Å². The maximum Gasteiger partial charge on any atom is 0.234 e. The number of para-hydroxylation sites is 1. The molecule has 0 bridgehead atoms. The van der Waals surface area contributed by atoms with Crippen molar-refractivity contribution in [3.8, 4) is 0 Å². The average Bonchev–Trinajstić information content (AvgIpc) is 3.34. The van der Waals surface area contributed by atoms with Gasteiger partial charge in [0.15, 0.2) is 5.16 Å². The normalized spacial score (nSPS) is 16.9. The van der Waals surface area contributed by atoms with E-state index in [1.54, 1.807) is 18.2 Å². The number of benzene rings is 1. The van der Waals surface area contributed by atoms with E-state index in [1.165, 1.54) is 12.1 Å². The van der Waals surface area contributed by atoms with Gasteiger partial charge in [-0.05, 0) is 25.0 Å². The molecule has 1 aromatic carbocycles. The van der Waals surface area contributed by atoms with Gasteiger partial charge in [-0.15, -0.1) is 0 Å². The zero-order valence-electron chi connectivity index (χ0n) is 17.6. The molecule has 0 radical (unpaired) electrons.